The van der Waals surface area contributed by atoms with Crippen LogP contribution in [0, 0.1) is 5.41 Å². The Morgan fingerprint density at radius 2 is 2.00 bits per heavy atom. The van der Waals surface area contributed by atoms with Gasteiger partial charge in [-0.25, -0.2) is 0 Å². The van der Waals surface area contributed by atoms with Gasteiger partial charge in [0.1, 0.15) is 5.41 Å². The van der Waals surface area contributed by atoms with Gasteiger partial charge in [-0.15, -0.1) is 0 Å². The van der Waals surface area contributed by atoms with Gasteiger partial charge >= 0.3 is 5.97 Å². The number of rotatable bonds is 2. The highest BCUT2D eigenvalue weighted by Gasteiger charge is 2.51. The van der Waals surface area contributed by atoms with Crippen LogP contribution in [0.25, 0.3) is 0 Å². The SMILES string of the molecule is O=C1CCC2(C(=O)O)CCCC=C2N1C1CCCC1. The highest BCUT2D eigenvalue weighted by molar-refractivity contribution is 5.87. The summed E-state index contributed by atoms with van der Waals surface area (Å²) in [6.45, 7) is 0. The van der Waals surface area contributed by atoms with Crippen LogP contribution >= 0.6 is 0 Å². The molecule has 1 aliphatic heterocycles. The van der Waals surface area contributed by atoms with Crippen LogP contribution < -0.4 is 0 Å². The lowest BCUT2D eigenvalue weighted by Crippen LogP contribution is -2.52. The third-order valence-corrected chi connectivity index (χ3v) is 5.03. The monoisotopic (exact) mass is 263 g/mol. The minimum atomic E-state index is -0.783. The van der Waals surface area contributed by atoms with Gasteiger partial charge in [0.05, 0.1) is 0 Å². The van der Waals surface area contributed by atoms with Gasteiger partial charge in [0, 0.05) is 18.2 Å². The Morgan fingerprint density at radius 1 is 1.26 bits per heavy atom. The van der Waals surface area contributed by atoms with Gasteiger partial charge in [0.25, 0.3) is 0 Å². The van der Waals surface area contributed by atoms with Crippen molar-refractivity contribution in [2.45, 2.75) is 63.8 Å². The maximum Gasteiger partial charge on any atom is 0.315 e. The van der Waals surface area contributed by atoms with Gasteiger partial charge in [0.2, 0.25) is 5.91 Å². The fourth-order valence-corrected chi connectivity index (χ4v) is 4.01. The molecule has 1 unspecified atom stereocenters. The average molecular weight is 263 g/mol. The zero-order chi connectivity index (χ0) is 13.5. The van der Waals surface area contributed by atoms with Crippen LogP contribution in [0.2, 0.25) is 0 Å². The maximum absolute atomic E-state index is 12.3. The van der Waals surface area contributed by atoms with Crippen molar-refractivity contribution in [2.75, 3.05) is 0 Å². The molecule has 2 aliphatic carbocycles. The number of carboxylic acids is 1. The fraction of sp³-hybridized carbons (Fsp3) is 0.733. The van der Waals surface area contributed by atoms with Crippen molar-refractivity contribution in [3.8, 4) is 0 Å². The summed E-state index contributed by atoms with van der Waals surface area (Å²) in [4.78, 5) is 26.0. The van der Waals surface area contributed by atoms with Crippen LogP contribution in [0.5, 0.6) is 0 Å². The smallest absolute Gasteiger partial charge is 0.315 e. The van der Waals surface area contributed by atoms with Gasteiger partial charge in [-0.05, 0) is 38.5 Å². The summed E-state index contributed by atoms with van der Waals surface area (Å²) in [5.41, 5.74) is 0.0313. The number of allylic oxidation sites excluding steroid dienone is 1. The second kappa shape index (κ2) is 4.66. The molecule has 0 radical (unpaired) electrons. The van der Waals surface area contributed by atoms with E-state index in [1.807, 2.05) is 11.0 Å². The van der Waals surface area contributed by atoms with E-state index in [4.69, 9.17) is 0 Å². The van der Waals surface area contributed by atoms with Crippen LogP contribution in [0.1, 0.15) is 57.8 Å². The highest BCUT2D eigenvalue weighted by atomic mass is 16.4. The predicted molar refractivity (Wildman–Crippen MR) is 70.3 cm³/mol. The van der Waals surface area contributed by atoms with Crippen molar-refractivity contribution < 1.29 is 14.7 Å². The molecule has 0 aromatic rings. The van der Waals surface area contributed by atoms with Crippen molar-refractivity contribution >= 4 is 11.9 Å². The van der Waals surface area contributed by atoms with Crippen LogP contribution in [0.4, 0.5) is 0 Å². The quantitative estimate of drug-likeness (QED) is 0.833. The summed E-state index contributed by atoms with van der Waals surface area (Å²) >= 11 is 0. The third kappa shape index (κ3) is 1.88. The van der Waals surface area contributed by atoms with E-state index in [0.717, 1.165) is 44.2 Å². The average Bonchev–Trinajstić information content (AvgIpc) is 2.92. The molecule has 0 spiro atoms. The second-order valence-corrected chi connectivity index (χ2v) is 6.07. The van der Waals surface area contributed by atoms with Crippen LogP contribution in [0.3, 0.4) is 0 Å². The van der Waals surface area contributed by atoms with Crippen molar-refractivity contribution in [3.63, 3.8) is 0 Å². The Kier molecular flexibility index (Phi) is 3.11. The largest absolute Gasteiger partial charge is 0.481 e. The van der Waals surface area contributed by atoms with Crippen molar-refractivity contribution in [3.05, 3.63) is 11.8 Å². The Labute approximate surface area is 113 Å². The molecule has 1 N–H and O–H groups in total. The van der Waals surface area contributed by atoms with Crippen LogP contribution in [-0.2, 0) is 9.59 Å². The molecule has 4 nitrogen and oxygen atoms in total. The molecule has 0 bridgehead atoms. The van der Waals surface area contributed by atoms with Gasteiger partial charge in [-0.2, -0.15) is 0 Å². The number of carboxylic acid groups (broad SMARTS) is 1. The number of nitrogens with zero attached hydrogens (tertiary/aromatic N) is 1. The van der Waals surface area contributed by atoms with Gasteiger partial charge in [0.15, 0.2) is 0 Å². The predicted octanol–water partition coefficient (Wildman–Crippen LogP) is 2.69. The molecule has 1 saturated heterocycles. The van der Waals surface area contributed by atoms with Crippen LogP contribution in [0.15, 0.2) is 11.8 Å². The molecular formula is C15H21NO3. The normalized spacial score (nSPS) is 32.1. The summed E-state index contributed by atoms with van der Waals surface area (Å²) in [6.07, 6.45) is 9.76. The van der Waals surface area contributed by atoms with E-state index < -0.39 is 11.4 Å². The number of amides is 1. The lowest BCUT2D eigenvalue weighted by atomic mass is 9.69. The number of piperidine rings is 1. The Hall–Kier alpha value is -1.32. The number of likely N-dealkylation sites (tertiary alicyclic amines) is 1. The zero-order valence-corrected chi connectivity index (χ0v) is 11.2. The lowest BCUT2D eigenvalue weighted by Gasteiger charge is -2.46. The minimum Gasteiger partial charge on any atom is -0.481 e. The first-order valence-electron chi connectivity index (χ1n) is 7.41. The first-order valence-corrected chi connectivity index (χ1v) is 7.41. The molecule has 3 aliphatic rings. The molecule has 1 amide bonds. The number of carbonyl (C=O) groups is 2. The standard InChI is InChI=1S/C15H21NO3/c17-13-8-10-15(14(18)19)9-4-3-7-12(15)16(13)11-5-1-2-6-11/h7,11H,1-6,8-10H2,(H,18,19). The molecule has 4 heteroatoms. The lowest BCUT2D eigenvalue weighted by molar-refractivity contribution is -0.154. The van der Waals surface area contributed by atoms with Gasteiger partial charge in [-0.3, -0.25) is 9.59 Å². The van der Waals surface area contributed by atoms with Gasteiger partial charge in [-0.1, -0.05) is 18.9 Å². The number of aliphatic carboxylic acids is 1. The summed E-state index contributed by atoms with van der Waals surface area (Å²) in [5, 5.41) is 9.69. The number of carbonyl (C=O) groups excluding carboxylic acids is 1. The van der Waals surface area contributed by atoms with Gasteiger partial charge < -0.3 is 10.0 Å². The molecule has 2 fully saturated rings. The second-order valence-electron chi connectivity index (χ2n) is 6.07. The summed E-state index contributed by atoms with van der Waals surface area (Å²) in [5.74, 6) is -0.606. The first kappa shape index (κ1) is 12.7. The number of fused-ring (bicyclic) bond motifs is 1. The van der Waals surface area contributed by atoms with E-state index in [-0.39, 0.29) is 11.9 Å². The molecule has 1 saturated carbocycles. The van der Waals surface area contributed by atoms with Crippen molar-refractivity contribution in [2.24, 2.45) is 5.41 Å². The van der Waals surface area contributed by atoms with Crippen LogP contribution in [-0.4, -0.2) is 27.9 Å². The number of hydrogen-bond acceptors (Lipinski definition) is 2. The number of hydrogen-bond donors (Lipinski definition) is 1. The Morgan fingerprint density at radius 3 is 2.68 bits per heavy atom. The molecule has 1 atom stereocenters. The molecule has 104 valence electrons. The molecular weight excluding hydrogens is 242 g/mol. The highest BCUT2D eigenvalue weighted by Crippen LogP contribution is 2.48. The molecule has 0 aromatic carbocycles. The zero-order valence-electron chi connectivity index (χ0n) is 11.2. The van der Waals surface area contributed by atoms with E-state index in [0.29, 0.717) is 19.3 Å². The Balaban J connectivity index is 1.99. The summed E-state index contributed by atoms with van der Waals surface area (Å²) in [7, 11) is 0. The summed E-state index contributed by atoms with van der Waals surface area (Å²) < 4.78 is 0. The van der Waals surface area contributed by atoms with E-state index in [1.165, 1.54) is 0 Å². The van der Waals surface area contributed by atoms with E-state index >= 15 is 0 Å². The summed E-state index contributed by atoms with van der Waals surface area (Å²) in [6, 6.07) is 0.246. The first-order chi connectivity index (χ1) is 9.15. The maximum atomic E-state index is 12.3. The minimum absolute atomic E-state index is 0.136. The molecule has 3 rings (SSSR count). The molecule has 0 aromatic heterocycles. The molecule has 1 heterocycles. The Bertz CT molecular complexity index is 437. The van der Waals surface area contributed by atoms with Crippen molar-refractivity contribution in [1.82, 2.24) is 4.90 Å². The van der Waals surface area contributed by atoms with E-state index in [9.17, 15) is 14.7 Å². The van der Waals surface area contributed by atoms with Crippen molar-refractivity contribution in [1.29, 1.82) is 0 Å². The topological polar surface area (TPSA) is 57.6 Å². The fourth-order valence-electron chi connectivity index (χ4n) is 4.01. The van der Waals surface area contributed by atoms with E-state index in [1.54, 1.807) is 0 Å². The third-order valence-electron chi connectivity index (χ3n) is 5.03. The molecule has 19 heavy (non-hydrogen) atoms. The van der Waals surface area contributed by atoms with E-state index in [2.05, 4.69) is 0 Å².